The lowest BCUT2D eigenvalue weighted by Crippen LogP contribution is -2.30. The van der Waals surface area contributed by atoms with Crippen LogP contribution >= 0.6 is 11.6 Å². The Morgan fingerprint density at radius 1 is 1.30 bits per heavy atom. The number of nitro groups is 1. The van der Waals surface area contributed by atoms with Crippen molar-refractivity contribution in [3.05, 3.63) is 63.2 Å². The zero-order valence-corrected chi connectivity index (χ0v) is 13.3. The largest absolute Gasteiger partial charge is 0.481 e. The summed E-state index contributed by atoms with van der Waals surface area (Å²) < 4.78 is 5.52. The predicted octanol–water partition coefficient (Wildman–Crippen LogP) is 3.96. The van der Waals surface area contributed by atoms with Crippen LogP contribution in [-0.2, 0) is 4.79 Å². The topological polar surface area (TPSA) is 81.5 Å². The zero-order chi connectivity index (χ0) is 17.0. The number of carbonyl (C=O) groups is 1. The molecule has 6 nitrogen and oxygen atoms in total. The lowest BCUT2D eigenvalue weighted by Gasteiger charge is -2.15. The second kappa shape index (κ2) is 7.11. The maximum Gasteiger partial charge on any atom is 0.274 e. The second-order valence-electron chi connectivity index (χ2n) is 4.91. The first-order valence-electron chi connectivity index (χ1n) is 6.85. The van der Waals surface area contributed by atoms with E-state index in [1.807, 2.05) is 0 Å². The highest BCUT2D eigenvalue weighted by Crippen LogP contribution is 2.25. The molecular formula is C16H15ClN2O4. The van der Waals surface area contributed by atoms with E-state index in [1.165, 1.54) is 12.1 Å². The lowest BCUT2D eigenvalue weighted by atomic mass is 10.1. The van der Waals surface area contributed by atoms with Crippen molar-refractivity contribution in [2.24, 2.45) is 0 Å². The maximum absolute atomic E-state index is 12.2. The van der Waals surface area contributed by atoms with Crippen LogP contribution in [0.5, 0.6) is 5.75 Å². The maximum atomic E-state index is 12.2. The Morgan fingerprint density at radius 2 is 2.00 bits per heavy atom. The number of halogens is 1. The van der Waals surface area contributed by atoms with E-state index in [2.05, 4.69) is 5.32 Å². The fraction of sp³-hybridized carbons (Fsp3) is 0.188. The molecule has 0 bridgehead atoms. The van der Waals surface area contributed by atoms with Gasteiger partial charge >= 0.3 is 0 Å². The Labute approximate surface area is 138 Å². The van der Waals surface area contributed by atoms with Crippen LogP contribution in [-0.4, -0.2) is 16.9 Å². The van der Waals surface area contributed by atoms with Crippen molar-refractivity contribution in [1.29, 1.82) is 0 Å². The molecule has 2 rings (SSSR count). The van der Waals surface area contributed by atoms with Gasteiger partial charge < -0.3 is 10.1 Å². The molecule has 0 spiro atoms. The molecule has 7 heteroatoms. The molecule has 2 aromatic carbocycles. The number of carbonyl (C=O) groups excluding carboxylic acids is 1. The third-order valence-corrected chi connectivity index (χ3v) is 3.47. The number of nitro benzene ring substituents is 1. The standard InChI is InChI=1S/C16H15ClN2O4/c1-10-14(7-4-8-15(10)19(21)22)18-16(20)11(2)23-13-6-3-5-12(17)9-13/h3-9,11H,1-2H3,(H,18,20)/t11-/m0/s1. The molecule has 0 radical (unpaired) electrons. The van der Waals surface area contributed by atoms with Crippen molar-refractivity contribution >= 4 is 28.9 Å². The Kier molecular flexibility index (Phi) is 5.18. The number of ether oxygens (including phenoxy) is 1. The summed E-state index contributed by atoms with van der Waals surface area (Å²) in [4.78, 5) is 22.6. The van der Waals surface area contributed by atoms with Crippen molar-refractivity contribution < 1.29 is 14.5 Å². The smallest absolute Gasteiger partial charge is 0.274 e. The van der Waals surface area contributed by atoms with E-state index < -0.39 is 16.9 Å². The summed E-state index contributed by atoms with van der Waals surface area (Å²) in [5.41, 5.74) is 0.720. The summed E-state index contributed by atoms with van der Waals surface area (Å²) in [7, 11) is 0. The van der Waals surface area contributed by atoms with E-state index in [0.717, 1.165) is 0 Å². The minimum atomic E-state index is -0.785. The summed E-state index contributed by atoms with van der Waals surface area (Å²) in [6.45, 7) is 3.17. The molecule has 120 valence electrons. The summed E-state index contributed by atoms with van der Waals surface area (Å²) in [6, 6.07) is 11.2. The molecule has 0 saturated heterocycles. The SMILES string of the molecule is Cc1c(NC(=O)[C@H](C)Oc2cccc(Cl)c2)cccc1[N+](=O)[O-]. The van der Waals surface area contributed by atoms with Gasteiger partial charge in [-0.15, -0.1) is 0 Å². The highest BCUT2D eigenvalue weighted by molar-refractivity contribution is 6.30. The van der Waals surface area contributed by atoms with Crippen molar-refractivity contribution in [2.75, 3.05) is 5.32 Å². The molecular weight excluding hydrogens is 320 g/mol. The van der Waals surface area contributed by atoms with Gasteiger partial charge in [-0.1, -0.05) is 23.7 Å². The third kappa shape index (κ3) is 4.20. The first-order valence-corrected chi connectivity index (χ1v) is 7.23. The van der Waals surface area contributed by atoms with Gasteiger partial charge in [-0.2, -0.15) is 0 Å². The van der Waals surface area contributed by atoms with Crippen LogP contribution in [0.2, 0.25) is 5.02 Å². The number of anilines is 1. The average molecular weight is 335 g/mol. The van der Waals surface area contributed by atoms with Gasteiger partial charge in [0.2, 0.25) is 0 Å². The van der Waals surface area contributed by atoms with Gasteiger partial charge in [-0.05, 0) is 38.1 Å². The van der Waals surface area contributed by atoms with E-state index >= 15 is 0 Å². The molecule has 0 aliphatic rings. The van der Waals surface area contributed by atoms with E-state index in [4.69, 9.17) is 16.3 Å². The molecule has 0 aromatic heterocycles. The number of amides is 1. The summed E-state index contributed by atoms with van der Waals surface area (Å²) in [5, 5.41) is 14.1. The van der Waals surface area contributed by atoms with Crippen molar-refractivity contribution in [3.8, 4) is 5.75 Å². The van der Waals surface area contributed by atoms with Gasteiger partial charge in [0.1, 0.15) is 5.75 Å². The normalized spacial score (nSPS) is 11.6. The van der Waals surface area contributed by atoms with Crippen LogP contribution in [0.25, 0.3) is 0 Å². The van der Waals surface area contributed by atoms with Crippen molar-refractivity contribution in [2.45, 2.75) is 20.0 Å². The van der Waals surface area contributed by atoms with Gasteiger partial charge in [-0.25, -0.2) is 0 Å². The van der Waals surface area contributed by atoms with Crippen LogP contribution in [0.3, 0.4) is 0 Å². The molecule has 2 aromatic rings. The second-order valence-corrected chi connectivity index (χ2v) is 5.35. The molecule has 1 atom stereocenters. The van der Waals surface area contributed by atoms with Crippen LogP contribution in [0, 0.1) is 17.0 Å². The Bertz CT molecular complexity index is 749. The average Bonchev–Trinajstić information content (AvgIpc) is 2.49. The fourth-order valence-corrected chi connectivity index (χ4v) is 2.17. The van der Waals surface area contributed by atoms with Crippen molar-refractivity contribution in [3.63, 3.8) is 0 Å². The van der Waals surface area contributed by atoms with Crippen LogP contribution in [0.1, 0.15) is 12.5 Å². The molecule has 0 aliphatic carbocycles. The van der Waals surface area contributed by atoms with Crippen molar-refractivity contribution in [1.82, 2.24) is 0 Å². The molecule has 0 heterocycles. The first-order chi connectivity index (χ1) is 10.9. The zero-order valence-electron chi connectivity index (χ0n) is 12.6. The Balaban J connectivity index is 2.10. The van der Waals surface area contributed by atoms with Gasteiger partial charge in [0, 0.05) is 11.1 Å². The number of nitrogens with one attached hydrogen (secondary N) is 1. The number of benzene rings is 2. The number of hydrogen-bond acceptors (Lipinski definition) is 4. The molecule has 1 amide bonds. The minimum absolute atomic E-state index is 0.0498. The Hall–Kier alpha value is -2.60. The lowest BCUT2D eigenvalue weighted by molar-refractivity contribution is -0.385. The van der Waals surface area contributed by atoms with E-state index in [-0.39, 0.29) is 5.69 Å². The Morgan fingerprint density at radius 3 is 2.65 bits per heavy atom. The monoisotopic (exact) mass is 334 g/mol. The van der Waals surface area contributed by atoms with Gasteiger partial charge in [0.15, 0.2) is 6.10 Å². The summed E-state index contributed by atoms with van der Waals surface area (Å²) in [6.07, 6.45) is -0.785. The molecule has 0 saturated carbocycles. The summed E-state index contributed by atoms with van der Waals surface area (Å²) in [5.74, 6) is 0.0597. The van der Waals surface area contributed by atoms with Gasteiger partial charge in [-0.3, -0.25) is 14.9 Å². The van der Waals surface area contributed by atoms with Gasteiger partial charge in [0.25, 0.3) is 11.6 Å². The number of hydrogen-bond donors (Lipinski definition) is 1. The first kappa shape index (κ1) is 16.8. The highest BCUT2D eigenvalue weighted by atomic mass is 35.5. The highest BCUT2D eigenvalue weighted by Gasteiger charge is 2.19. The fourth-order valence-electron chi connectivity index (χ4n) is 1.99. The number of nitrogens with zero attached hydrogens (tertiary/aromatic N) is 1. The quantitative estimate of drug-likeness (QED) is 0.662. The predicted molar refractivity (Wildman–Crippen MR) is 88.0 cm³/mol. The van der Waals surface area contributed by atoms with Crippen LogP contribution in [0.15, 0.2) is 42.5 Å². The van der Waals surface area contributed by atoms with E-state index in [9.17, 15) is 14.9 Å². The molecule has 1 N–H and O–H groups in total. The third-order valence-electron chi connectivity index (χ3n) is 3.24. The van der Waals surface area contributed by atoms with Gasteiger partial charge in [0.05, 0.1) is 16.2 Å². The molecule has 0 fully saturated rings. The van der Waals surface area contributed by atoms with E-state index in [1.54, 1.807) is 44.2 Å². The minimum Gasteiger partial charge on any atom is -0.481 e. The molecule has 0 unspecified atom stereocenters. The van der Waals surface area contributed by atoms with Crippen LogP contribution in [0.4, 0.5) is 11.4 Å². The molecule has 0 aliphatic heterocycles. The molecule has 23 heavy (non-hydrogen) atoms. The van der Waals surface area contributed by atoms with E-state index in [0.29, 0.717) is 22.0 Å². The summed E-state index contributed by atoms with van der Waals surface area (Å²) >= 11 is 5.86. The number of rotatable bonds is 5. The van der Waals surface area contributed by atoms with Crippen LogP contribution < -0.4 is 10.1 Å².